The second-order valence-electron chi connectivity index (χ2n) is 4.56. The molecule has 0 unspecified atom stereocenters. The topological polar surface area (TPSA) is 29.1 Å². The Hall–Kier alpha value is -1.11. The molecule has 0 spiro atoms. The van der Waals surface area contributed by atoms with Gasteiger partial charge in [0.2, 0.25) is 0 Å². The van der Waals surface area contributed by atoms with Crippen molar-refractivity contribution in [1.82, 2.24) is 5.32 Å². The Morgan fingerprint density at radius 3 is 2.47 bits per heavy atom. The van der Waals surface area contributed by atoms with Crippen molar-refractivity contribution < 1.29 is 22.4 Å². The van der Waals surface area contributed by atoms with Gasteiger partial charge in [0.1, 0.15) is 5.82 Å². The van der Waals surface area contributed by atoms with Crippen LogP contribution >= 0.6 is 15.9 Å². The highest BCUT2D eigenvalue weighted by molar-refractivity contribution is 9.09. The fourth-order valence-corrected chi connectivity index (χ4v) is 2.34. The number of hydrogen-bond donors (Lipinski definition) is 1. The lowest BCUT2D eigenvalue weighted by molar-refractivity contribution is -0.140. The predicted molar refractivity (Wildman–Crippen MR) is 64.6 cm³/mol. The first-order valence-corrected chi connectivity index (χ1v) is 6.65. The van der Waals surface area contributed by atoms with Gasteiger partial charge in [-0.3, -0.25) is 4.79 Å². The van der Waals surface area contributed by atoms with Gasteiger partial charge >= 0.3 is 6.18 Å². The van der Waals surface area contributed by atoms with Gasteiger partial charge in [-0.1, -0.05) is 15.9 Å². The van der Waals surface area contributed by atoms with Crippen LogP contribution in [0.1, 0.15) is 28.8 Å². The fourth-order valence-electron chi connectivity index (χ4n) is 1.64. The third kappa shape index (κ3) is 3.08. The van der Waals surface area contributed by atoms with Crippen molar-refractivity contribution in [3.05, 3.63) is 35.1 Å². The Bertz CT molecular complexity index is 511. The average Bonchev–Trinajstić information content (AvgIpc) is 3.08. The van der Waals surface area contributed by atoms with Crippen molar-refractivity contribution >= 4 is 21.8 Å². The van der Waals surface area contributed by atoms with E-state index in [0.717, 1.165) is 18.9 Å². The summed E-state index contributed by atoms with van der Waals surface area (Å²) >= 11 is 3.24. The van der Waals surface area contributed by atoms with Crippen molar-refractivity contribution in [2.24, 2.45) is 0 Å². The summed E-state index contributed by atoms with van der Waals surface area (Å²) in [4.78, 5) is 11.8. The summed E-state index contributed by atoms with van der Waals surface area (Å²) in [6, 6.07) is 2.24. The molecule has 2 nitrogen and oxygen atoms in total. The normalized spacial score (nSPS) is 17.1. The van der Waals surface area contributed by atoms with Crippen molar-refractivity contribution in [3.63, 3.8) is 0 Å². The number of halogens is 5. The molecule has 1 aromatic carbocycles. The van der Waals surface area contributed by atoms with Crippen LogP contribution in [-0.2, 0) is 6.18 Å². The molecule has 1 N–H and O–H groups in total. The molecule has 0 saturated heterocycles. The largest absolute Gasteiger partial charge is 0.419 e. The van der Waals surface area contributed by atoms with Gasteiger partial charge in [0.25, 0.3) is 5.91 Å². The van der Waals surface area contributed by atoms with Crippen molar-refractivity contribution in [3.8, 4) is 0 Å². The van der Waals surface area contributed by atoms with Gasteiger partial charge in [0.15, 0.2) is 0 Å². The van der Waals surface area contributed by atoms with Gasteiger partial charge in [-0.2, -0.15) is 13.2 Å². The molecule has 0 radical (unpaired) electrons. The molecule has 1 amide bonds. The lowest BCUT2D eigenvalue weighted by atomic mass is 10.1. The molecule has 0 bridgehead atoms. The third-order valence-electron chi connectivity index (χ3n) is 3.02. The van der Waals surface area contributed by atoms with Gasteiger partial charge < -0.3 is 5.32 Å². The SMILES string of the molecule is O=C(NC1(CBr)CC1)c1ccc(F)c(C(F)(F)F)c1. The molecule has 0 aliphatic heterocycles. The predicted octanol–water partition coefficient (Wildman–Crippen LogP) is 3.50. The van der Waals surface area contributed by atoms with Crippen molar-refractivity contribution in [2.45, 2.75) is 24.6 Å². The van der Waals surface area contributed by atoms with Crippen LogP contribution in [0.15, 0.2) is 18.2 Å². The van der Waals surface area contributed by atoms with Crippen LogP contribution in [0.2, 0.25) is 0 Å². The number of alkyl halides is 4. The van der Waals surface area contributed by atoms with Gasteiger partial charge in [0, 0.05) is 10.9 Å². The number of benzene rings is 1. The van der Waals surface area contributed by atoms with Crippen LogP contribution in [0.5, 0.6) is 0 Å². The maximum absolute atomic E-state index is 13.1. The van der Waals surface area contributed by atoms with E-state index in [1.807, 2.05) is 0 Å². The molecule has 2 rings (SSSR count). The van der Waals surface area contributed by atoms with Crippen LogP contribution in [0, 0.1) is 5.82 Å². The minimum Gasteiger partial charge on any atom is -0.346 e. The Kier molecular flexibility index (Phi) is 3.59. The summed E-state index contributed by atoms with van der Waals surface area (Å²) in [7, 11) is 0. The summed E-state index contributed by atoms with van der Waals surface area (Å²) in [5.41, 5.74) is -1.99. The van der Waals surface area contributed by atoms with E-state index < -0.39 is 23.5 Å². The summed E-state index contributed by atoms with van der Waals surface area (Å²) in [6.07, 6.45) is -3.26. The van der Waals surface area contributed by atoms with E-state index in [0.29, 0.717) is 17.5 Å². The Morgan fingerprint density at radius 2 is 2.00 bits per heavy atom. The molecule has 1 fully saturated rings. The highest BCUT2D eigenvalue weighted by atomic mass is 79.9. The number of carbonyl (C=O) groups excluding carboxylic acids is 1. The highest BCUT2D eigenvalue weighted by Gasteiger charge is 2.43. The molecule has 0 atom stereocenters. The van der Waals surface area contributed by atoms with E-state index in [4.69, 9.17) is 0 Å². The number of hydrogen-bond acceptors (Lipinski definition) is 1. The zero-order chi connectivity index (χ0) is 14.3. The molecule has 19 heavy (non-hydrogen) atoms. The van der Waals surface area contributed by atoms with E-state index in [-0.39, 0.29) is 11.1 Å². The minimum absolute atomic E-state index is 0.194. The smallest absolute Gasteiger partial charge is 0.346 e. The van der Waals surface area contributed by atoms with E-state index in [2.05, 4.69) is 21.2 Å². The molecule has 0 aromatic heterocycles. The van der Waals surface area contributed by atoms with E-state index >= 15 is 0 Å². The first-order chi connectivity index (χ1) is 8.77. The first kappa shape index (κ1) is 14.3. The molecule has 7 heteroatoms. The minimum atomic E-state index is -4.81. The first-order valence-electron chi connectivity index (χ1n) is 5.53. The third-order valence-corrected chi connectivity index (χ3v) is 4.10. The second kappa shape index (κ2) is 4.77. The van der Waals surface area contributed by atoms with Crippen molar-refractivity contribution in [2.75, 3.05) is 5.33 Å². The molecule has 104 valence electrons. The quantitative estimate of drug-likeness (QED) is 0.662. The molecular weight excluding hydrogens is 330 g/mol. The zero-order valence-electron chi connectivity index (χ0n) is 9.65. The van der Waals surface area contributed by atoms with Crippen LogP contribution in [0.3, 0.4) is 0 Å². The molecule has 1 aliphatic carbocycles. The standard InChI is InChI=1S/C12H10BrF4NO/c13-6-11(3-4-11)18-10(19)7-1-2-9(14)8(5-7)12(15,16)17/h1-2,5H,3-4,6H2,(H,18,19). The van der Waals surface area contributed by atoms with Crippen LogP contribution in [0.4, 0.5) is 17.6 Å². The van der Waals surface area contributed by atoms with Crippen LogP contribution < -0.4 is 5.32 Å². The van der Waals surface area contributed by atoms with Gasteiger partial charge in [0.05, 0.1) is 11.1 Å². The zero-order valence-corrected chi connectivity index (χ0v) is 11.2. The maximum Gasteiger partial charge on any atom is 0.419 e. The summed E-state index contributed by atoms with van der Waals surface area (Å²) < 4.78 is 50.7. The van der Waals surface area contributed by atoms with E-state index in [9.17, 15) is 22.4 Å². The van der Waals surface area contributed by atoms with E-state index in [1.165, 1.54) is 0 Å². The number of nitrogens with one attached hydrogen (secondary N) is 1. The number of carbonyl (C=O) groups is 1. The Morgan fingerprint density at radius 1 is 1.37 bits per heavy atom. The van der Waals surface area contributed by atoms with Gasteiger partial charge in [-0.15, -0.1) is 0 Å². The Balaban J connectivity index is 2.24. The lowest BCUT2D eigenvalue weighted by Gasteiger charge is -2.15. The lowest BCUT2D eigenvalue weighted by Crippen LogP contribution is -2.38. The molecule has 1 aliphatic rings. The summed E-state index contributed by atoms with van der Waals surface area (Å²) in [5.74, 6) is -2.01. The van der Waals surface area contributed by atoms with Crippen LogP contribution in [-0.4, -0.2) is 16.8 Å². The second-order valence-corrected chi connectivity index (χ2v) is 5.12. The number of amides is 1. The maximum atomic E-state index is 13.1. The van der Waals surface area contributed by atoms with Crippen molar-refractivity contribution in [1.29, 1.82) is 0 Å². The monoisotopic (exact) mass is 339 g/mol. The molecule has 1 saturated carbocycles. The molecular formula is C12H10BrF4NO. The summed E-state index contributed by atoms with van der Waals surface area (Å²) in [6.45, 7) is 0. The Labute approximate surface area is 115 Å². The average molecular weight is 340 g/mol. The van der Waals surface area contributed by atoms with Gasteiger partial charge in [-0.25, -0.2) is 4.39 Å². The molecule has 0 heterocycles. The number of rotatable bonds is 3. The fraction of sp³-hybridized carbons (Fsp3) is 0.417. The van der Waals surface area contributed by atoms with Gasteiger partial charge in [-0.05, 0) is 31.0 Å². The van der Waals surface area contributed by atoms with E-state index in [1.54, 1.807) is 0 Å². The molecule has 1 aromatic rings. The highest BCUT2D eigenvalue weighted by Crippen LogP contribution is 2.37. The summed E-state index contributed by atoms with van der Waals surface area (Å²) in [5, 5.41) is 3.20. The van der Waals surface area contributed by atoms with Crippen LogP contribution in [0.25, 0.3) is 0 Å².